The summed E-state index contributed by atoms with van der Waals surface area (Å²) in [7, 11) is 0. The lowest BCUT2D eigenvalue weighted by Gasteiger charge is -2.35. The zero-order valence-electron chi connectivity index (χ0n) is 14.1. The molecule has 0 spiro atoms. The van der Waals surface area contributed by atoms with Gasteiger partial charge in [-0.2, -0.15) is 0 Å². The minimum absolute atomic E-state index is 0.0790. The number of piperazine rings is 1. The second kappa shape index (κ2) is 6.92. The van der Waals surface area contributed by atoms with E-state index >= 15 is 0 Å². The molecule has 0 N–H and O–H groups in total. The molecule has 1 saturated carbocycles. The second-order valence-corrected chi connectivity index (χ2v) is 6.96. The maximum Gasteiger partial charge on any atom is 0.226 e. The van der Waals surface area contributed by atoms with Gasteiger partial charge in [0.15, 0.2) is 0 Å². The highest BCUT2D eigenvalue weighted by Gasteiger charge is 2.46. The summed E-state index contributed by atoms with van der Waals surface area (Å²) >= 11 is 0. The van der Waals surface area contributed by atoms with Crippen molar-refractivity contribution in [2.24, 2.45) is 5.92 Å². The maximum atomic E-state index is 13.0. The Morgan fingerprint density at radius 2 is 1.88 bits per heavy atom. The number of halogens is 1. The number of hydrogen-bond acceptors (Lipinski definition) is 3. The molecule has 2 aliphatic rings. The molecular weight excluding hydrogens is 317 g/mol. The fourth-order valence-electron chi connectivity index (χ4n) is 3.66. The molecule has 1 aromatic heterocycles. The van der Waals surface area contributed by atoms with E-state index in [1.54, 1.807) is 18.3 Å². The lowest BCUT2D eigenvalue weighted by Crippen LogP contribution is -2.48. The Labute approximate surface area is 147 Å². The van der Waals surface area contributed by atoms with E-state index in [9.17, 15) is 9.18 Å². The quantitative estimate of drug-likeness (QED) is 0.859. The average molecular weight is 339 g/mol. The second-order valence-electron chi connectivity index (χ2n) is 6.96. The van der Waals surface area contributed by atoms with Crippen molar-refractivity contribution < 1.29 is 9.18 Å². The summed E-state index contributed by atoms with van der Waals surface area (Å²) in [6.45, 7) is 4.25. The molecule has 130 valence electrons. The summed E-state index contributed by atoms with van der Waals surface area (Å²) in [5, 5.41) is 0. The number of aromatic nitrogens is 1. The molecule has 2 aromatic rings. The fourth-order valence-corrected chi connectivity index (χ4v) is 3.66. The Bertz CT molecular complexity index is 726. The Hall–Kier alpha value is -2.27. The van der Waals surface area contributed by atoms with Crippen LogP contribution < -0.4 is 0 Å². The highest BCUT2D eigenvalue weighted by molar-refractivity contribution is 5.83. The van der Waals surface area contributed by atoms with Gasteiger partial charge in [-0.1, -0.05) is 18.2 Å². The molecule has 1 aromatic carbocycles. The van der Waals surface area contributed by atoms with E-state index < -0.39 is 0 Å². The van der Waals surface area contributed by atoms with Crippen LogP contribution in [0.1, 0.15) is 23.5 Å². The van der Waals surface area contributed by atoms with Gasteiger partial charge < -0.3 is 4.90 Å². The van der Waals surface area contributed by atoms with E-state index in [0.717, 1.165) is 44.7 Å². The molecule has 25 heavy (non-hydrogen) atoms. The molecule has 2 unspecified atom stereocenters. The number of rotatable bonds is 4. The number of carbonyl (C=O) groups is 1. The SMILES string of the molecule is O=C(C1CC1c1ccc(F)cc1)N1CCN(Cc2cccnc2)CC1. The van der Waals surface area contributed by atoms with Gasteiger partial charge in [-0.3, -0.25) is 14.7 Å². The summed E-state index contributed by atoms with van der Waals surface area (Å²) in [5.41, 5.74) is 2.29. The number of benzene rings is 1. The van der Waals surface area contributed by atoms with Crippen molar-refractivity contribution in [3.8, 4) is 0 Å². The molecule has 2 heterocycles. The first kappa shape index (κ1) is 16.2. The van der Waals surface area contributed by atoms with Gasteiger partial charge in [0.25, 0.3) is 0 Å². The highest BCUT2D eigenvalue weighted by atomic mass is 19.1. The fraction of sp³-hybridized carbons (Fsp3) is 0.400. The molecular formula is C20H22FN3O. The number of pyridine rings is 1. The predicted octanol–water partition coefficient (Wildman–Crippen LogP) is 2.67. The summed E-state index contributed by atoms with van der Waals surface area (Å²) in [4.78, 5) is 21.2. The molecule has 0 radical (unpaired) electrons. The van der Waals surface area contributed by atoms with Gasteiger partial charge in [-0.05, 0) is 41.7 Å². The topological polar surface area (TPSA) is 36.4 Å². The molecule has 1 aliphatic carbocycles. The molecule has 2 atom stereocenters. The normalized spacial score (nSPS) is 23.5. The minimum Gasteiger partial charge on any atom is -0.340 e. The predicted molar refractivity (Wildman–Crippen MR) is 93.3 cm³/mol. The van der Waals surface area contributed by atoms with Gasteiger partial charge in [0.1, 0.15) is 5.82 Å². The van der Waals surface area contributed by atoms with Crippen LogP contribution in [0.25, 0.3) is 0 Å². The molecule has 0 bridgehead atoms. The van der Waals surface area contributed by atoms with Crippen LogP contribution in [-0.4, -0.2) is 46.9 Å². The zero-order valence-corrected chi connectivity index (χ0v) is 14.1. The zero-order chi connectivity index (χ0) is 17.2. The van der Waals surface area contributed by atoms with Crippen molar-refractivity contribution in [3.63, 3.8) is 0 Å². The third-order valence-corrected chi connectivity index (χ3v) is 5.22. The molecule has 1 aliphatic heterocycles. The van der Waals surface area contributed by atoms with Crippen molar-refractivity contribution in [1.82, 2.24) is 14.8 Å². The standard InChI is InChI=1S/C20H22FN3O/c21-17-5-3-16(4-6-17)18-12-19(18)20(25)24-10-8-23(9-11-24)14-15-2-1-7-22-13-15/h1-7,13,18-19H,8-12,14H2. The molecule has 1 amide bonds. The third kappa shape index (κ3) is 3.71. The first-order valence-corrected chi connectivity index (χ1v) is 8.86. The Balaban J connectivity index is 1.28. The largest absolute Gasteiger partial charge is 0.340 e. The molecule has 1 saturated heterocycles. The van der Waals surface area contributed by atoms with Crippen LogP contribution in [0.4, 0.5) is 4.39 Å². The van der Waals surface area contributed by atoms with E-state index in [1.807, 2.05) is 17.2 Å². The van der Waals surface area contributed by atoms with Crippen molar-refractivity contribution in [2.75, 3.05) is 26.2 Å². The van der Waals surface area contributed by atoms with Gasteiger partial charge >= 0.3 is 0 Å². The Kier molecular flexibility index (Phi) is 4.49. The number of nitrogens with zero attached hydrogens (tertiary/aromatic N) is 3. The Morgan fingerprint density at radius 1 is 1.12 bits per heavy atom. The van der Waals surface area contributed by atoms with Crippen LogP contribution in [0.15, 0.2) is 48.8 Å². The van der Waals surface area contributed by atoms with Crippen LogP contribution in [0.5, 0.6) is 0 Å². The number of amides is 1. The molecule has 4 nitrogen and oxygen atoms in total. The van der Waals surface area contributed by atoms with Crippen LogP contribution in [0.3, 0.4) is 0 Å². The number of carbonyl (C=O) groups excluding carboxylic acids is 1. The minimum atomic E-state index is -0.225. The van der Waals surface area contributed by atoms with Crippen LogP contribution >= 0.6 is 0 Å². The molecule has 2 fully saturated rings. The number of hydrogen-bond donors (Lipinski definition) is 0. The summed E-state index contributed by atoms with van der Waals surface area (Å²) in [6.07, 6.45) is 4.57. The lowest BCUT2D eigenvalue weighted by atomic mass is 10.1. The average Bonchev–Trinajstić information content (AvgIpc) is 3.44. The van der Waals surface area contributed by atoms with Crippen molar-refractivity contribution in [3.05, 3.63) is 65.7 Å². The summed E-state index contributed by atoms with van der Waals surface area (Å²) in [5.74, 6) is 0.379. The van der Waals surface area contributed by atoms with Crippen LogP contribution in [-0.2, 0) is 11.3 Å². The van der Waals surface area contributed by atoms with Crippen LogP contribution in [0, 0.1) is 11.7 Å². The first-order chi connectivity index (χ1) is 12.2. The van der Waals surface area contributed by atoms with E-state index in [-0.39, 0.29) is 23.6 Å². The van der Waals surface area contributed by atoms with Crippen molar-refractivity contribution in [1.29, 1.82) is 0 Å². The summed E-state index contributed by atoms with van der Waals surface area (Å²) < 4.78 is 13.0. The van der Waals surface area contributed by atoms with E-state index in [0.29, 0.717) is 0 Å². The van der Waals surface area contributed by atoms with Crippen LogP contribution in [0.2, 0.25) is 0 Å². The molecule has 4 rings (SSSR count). The highest BCUT2D eigenvalue weighted by Crippen LogP contribution is 2.48. The van der Waals surface area contributed by atoms with Crippen molar-refractivity contribution in [2.45, 2.75) is 18.9 Å². The smallest absolute Gasteiger partial charge is 0.226 e. The van der Waals surface area contributed by atoms with E-state index in [2.05, 4.69) is 16.0 Å². The van der Waals surface area contributed by atoms with E-state index in [4.69, 9.17) is 0 Å². The lowest BCUT2D eigenvalue weighted by molar-refractivity contribution is -0.134. The molecule has 5 heteroatoms. The van der Waals surface area contributed by atoms with Gasteiger partial charge in [-0.15, -0.1) is 0 Å². The van der Waals surface area contributed by atoms with Gasteiger partial charge in [0, 0.05) is 51.0 Å². The maximum absolute atomic E-state index is 13.0. The van der Waals surface area contributed by atoms with Gasteiger partial charge in [0.2, 0.25) is 5.91 Å². The first-order valence-electron chi connectivity index (χ1n) is 8.86. The van der Waals surface area contributed by atoms with Gasteiger partial charge in [-0.25, -0.2) is 4.39 Å². The Morgan fingerprint density at radius 3 is 2.56 bits per heavy atom. The van der Waals surface area contributed by atoms with E-state index in [1.165, 1.54) is 17.7 Å². The van der Waals surface area contributed by atoms with Crippen molar-refractivity contribution >= 4 is 5.91 Å². The monoisotopic (exact) mass is 339 g/mol. The third-order valence-electron chi connectivity index (χ3n) is 5.22. The van der Waals surface area contributed by atoms with Gasteiger partial charge in [0.05, 0.1) is 0 Å². The summed E-state index contributed by atoms with van der Waals surface area (Å²) in [6, 6.07) is 10.6.